The second kappa shape index (κ2) is 5.71. The van der Waals surface area contributed by atoms with Crippen LogP contribution >= 0.6 is 11.8 Å². The molecule has 2 aliphatic heterocycles. The van der Waals surface area contributed by atoms with Gasteiger partial charge in [-0.2, -0.15) is 0 Å². The van der Waals surface area contributed by atoms with Gasteiger partial charge in [-0.3, -0.25) is 4.90 Å². The van der Waals surface area contributed by atoms with Crippen molar-refractivity contribution in [3.05, 3.63) is 0 Å². The molecule has 0 spiro atoms. The molecule has 1 N–H and O–H groups in total. The van der Waals surface area contributed by atoms with Crippen LogP contribution < -0.4 is 0 Å². The molecule has 5 nitrogen and oxygen atoms in total. The van der Waals surface area contributed by atoms with Crippen molar-refractivity contribution in [1.82, 2.24) is 9.80 Å². The highest BCUT2D eigenvalue weighted by Gasteiger charge is 2.49. The smallest absolute Gasteiger partial charge is 0.327 e. The molecule has 3 aliphatic rings. The minimum Gasteiger partial charge on any atom is -0.480 e. The number of aliphatic carboxylic acids is 1. The van der Waals surface area contributed by atoms with Crippen LogP contribution in [0.5, 0.6) is 0 Å². The lowest BCUT2D eigenvalue weighted by Gasteiger charge is -2.39. The van der Waals surface area contributed by atoms with Gasteiger partial charge in [0.05, 0.1) is 5.37 Å². The Balaban J connectivity index is 1.75. The largest absolute Gasteiger partial charge is 0.480 e. The fraction of sp³-hybridized carbons (Fsp3) is 0.867. The van der Waals surface area contributed by atoms with E-state index in [1.807, 2.05) is 4.90 Å². The first-order valence-electron chi connectivity index (χ1n) is 7.90. The summed E-state index contributed by atoms with van der Waals surface area (Å²) in [5.74, 6) is 1.29. The maximum atomic E-state index is 12.9. The Bertz CT molecular complexity index is 441. The number of carbonyl (C=O) groups is 2. The number of piperidine rings is 1. The first kappa shape index (κ1) is 15.0. The van der Waals surface area contributed by atoms with Crippen molar-refractivity contribution in [3.63, 3.8) is 0 Å². The van der Waals surface area contributed by atoms with E-state index in [2.05, 4.69) is 13.8 Å². The molecule has 4 unspecified atom stereocenters. The number of urea groups is 1. The number of carboxylic acids is 1. The van der Waals surface area contributed by atoms with Gasteiger partial charge < -0.3 is 10.0 Å². The van der Waals surface area contributed by atoms with Crippen LogP contribution in [0, 0.1) is 17.8 Å². The Morgan fingerprint density at radius 1 is 1.14 bits per heavy atom. The van der Waals surface area contributed by atoms with E-state index in [0.29, 0.717) is 23.5 Å². The standard InChI is InChI=1S/C15H24N2O3S/c1-9-5-6-16(7-10(9)2)15(20)17-12(14(18)19)8-21-13(17)11-3-4-11/h9-13H,3-8H2,1-2H3,(H,18,19). The van der Waals surface area contributed by atoms with Crippen molar-refractivity contribution in [2.24, 2.45) is 17.8 Å². The van der Waals surface area contributed by atoms with Crippen LogP contribution in [0.4, 0.5) is 4.79 Å². The summed E-state index contributed by atoms with van der Waals surface area (Å²) in [5.41, 5.74) is 0. The third kappa shape index (κ3) is 2.87. The van der Waals surface area contributed by atoms with Crippen molar-refractivity contribution in [1.29, 1.82) is 0 Å². The Morgan fingerprint density at radius 2 is 1.86 bits per heavy atom. The monoisotopic (exact) mass is 312 g/mol. The van der Waals surface area contributed by atoms with Gasteiger partial charge in [-0.1, -0.05) is 13.8 Å². The minimum atomic E-state index is -0.863. The summed E-state index contributed by atoms with van der Waals surface area (Å²) in [5, 5.41) is 9.50. The van der Waals surface area contributed by atoms with E-state index >= 15 is 0 Å². The molecular weight excluding hydrogens is 288 g/mol. The number of thioether (sulfide) groups is 1. The first-order valence-corrected chi connectivity index (χ1v) is 8.95. The Hall–Kier alpha value is -0.910. The molecule has 2 amide bonds. The molecule has 21 heavy (non-hydrogen) atoms. The van der Waals surface area contributed by atoms with Crippen LogP contribution in [0.15, 0.2) is 0 Å². The molecule has 0 aromatic heterocycles. The van der Waals surface area contributed by atoms with Crippen LogP contribution in [-0.2, 0) is 4.79 Å². The van der Waals surface area contributed by atoms with Crippen molar-refractivity contribution in [2.75, 3.05) is 18.8 Å². The van der Waals surface area contributed by atoms with Gasteiger partial charge in [0.2, 0.25) is 0 Å². The van der Waals surface area contributed by atoms with E-state index in [4.69, 9.17) is 0 Å². The van der Waals surface area contributed by atoms with Crippen LogP contribution in [0.1, 0.15) is 33.1 Å². The van der Waals surface area contributed by atoms with Crippen LogP contribution in [0.3, 0.4) is 0 Å². The molecule has 3 fully saturated rings. The summed E-state index contributed by atoms with van der Waals surface area (Å²) >= 11 is 1.65. The van der Waals surface area contributed by atoms with Gasteiger partial charge in [0.1, 0.15) is 6.04 Å². The van der Waals surface area contributed by atoms with E-state index in [9.17, 15) is 14.7 Å². The summed E-state index contributed by atoms with van der Waals surface area (Å²) < 4.78 is 0. The number of nitrogens with zero attached hydrogens (tertiary/aromatic N) is 2. The van der Waals surface area contributed by atoms with Crippen molar-refractivity contribution < 1.29 is 14.7 Å². The second-order valence-corrected chi connectivity index (χ2v) is 7.94. The number of hydrogen-bond acceptors (Lipinski definition) is 3. The van der Waals surface area contributed by atoms with Gasteiger partial charge in [-0.25, -0.2) is 9.59 Å². The molecule has 2 heterocycles. The number of likely N-dealkylation sites (tertiary alicyclic amines) is 1. The van der Waals surface area contributed by atoms with Gasteiger partial charge in [-0.15, -0.1) is 11.8 Å². The number of carboxylic acid groups (broad SMARTS) is 1. The fourth-order valence-electron chi connectivity index (χ4n) is 3.30. The summed E-state index contributed by atoms with van der Waals surface area (Å²) in [4.78, 5) is 27.9. The van der Waals surface area contributed by atoms with Crippen LogP contribution in [0.2, 0.25) is 0 Å². The molecule has 0 aromatic rings. The Kier molecular flexibility index (Phi) is 4.08. The maximum absolute atomic E-state index is 12.9. The maximum Gasteiger partial charge on any atom is 0.327 e. The number of rotatable bonds is 2. The molecule has 0 aromatic carbocycles. The van der Waals surface area contributed by atoms with E-state index in [-0.39, 0.29) is 11.4 Å². The summed E-state index contributed by atoms with van der Waals surface area (Å²) in [7, 11) is 0. The molecule has 3 rings (SSSR count). The lowest BCUT2D eigenvalue weighted by atomic mass is 9.89. The van der Waals surface area contributed by atoms with E-state index in [0.717, 1.165) is 32.4 Å². The summed E-state index contributed by atoms with van der Waals surface area (Å²) in [6.07, 6.45) is 3.27. The number of amides is 2. The zero-order chi connectivity index (χ0) is 15.1. The highest BCUT2D eigenvalue weighted by molar-refractivity contribution is 8.00. The number of carbonyl (C=O) groups excluding carboxylic acids is 1. The van der Waals surface area contributed by atoms with Crippen molar-refractivity contribution >= 4 is 23.8 Å². The first-order chi connectivity index (χ1) is 9.99. The third-order valence-corrected chi connectivity index (χ3v) is 6.63. The average Bonchev–Trinajstić information content (AvgIpc) is 3.19. The molecule has 4 atom stereocenters. The van der Waals surface area contributed by atoms with E-state index in [1.54, 1.807) is 16.7 Å². The Labute approximate surface area is 130 Å². The van der Waals surface area contributed by atoms with Gasteiger partial charge in [0.25, 0.3) is 0 Å². The average molecular weight is 312 g/mol. The van der Waals surface area contributed by atoms with Gasteiger partial charge in [0.15, 0.2) is 0 Å². The normalized spacial score (nSPS) is 36.9. The summed E-state index contributed by atoms with van der Waals surface area (Å²) in [6, 6.07) is -0.703. The quantitative estimate of drug-likeness (QED) is 0.850. The molecule has 0 bridgehead atoms. The van der Waals surface area contributed by atoms with Crippen molar-refractivity contribution in [2.45, 2.75) is 44.5 Å². The molecule has 0 radical (unpaired) electrons. The third-order valence-electron chi connectivity index (χ3n) is 5.17. The van der Waals surface area contributed by atoms with E-state index in [1.165, 1.54) is 0 Å². The lowest BCUT2D eigenvalue weighted by Crippen LogP contribution is -2.54. The van der Waals surface area contributed by atoms with Crippen LogP contribution in [-0.4, -0.2) is 57.2 Å². The number of hydrogen-bond donors (Lipinski definition) is 1. The zero-order valence-electron chi connectivity index (χ0n) is 12.7. The van der Waals surface area contributed by atoms with Gasteiger partial charge in [0, 0.05) is 18.8 Å². The predicted molar refractivity (Wildman–Crippen MR) is 82.1 cm³/mol. The second-order valence-electron chi connectivity index (χ2n) is 6.79. The molecule has 1 aliphatic carbocycles. The van der Waals surface area contributed by atoms with E-state index < -0.39 is 12.0 Å². The highest BCUT2D eigenvalue weighted by Crippen LogP contribution is 2.46. The fourth-order valence-corrected chi connectivity index (χ4v) is 4.93. The lowest BCUT2D eigenvalue weighted by molar-refractivity contribution is -0.141. The Morgan fingerprint density at radius 3 is 2.43 bits per heavy atom. The predicted octanol–water partition coefficient (Wildman–Crippen LogP) is 2.32. The molecule has 1 saturated carbocycles. The molecular formula is C15H24N2O3S. The zero-order valence-corrected chi connectivity index (χ0v) is 13.5. The minimum absolute atomic E-state index is 0.0527. The molecule has 2 saturated heterocycles. The van der Waals surface area contributed by atoms with Crippen LogP contribution in [0.25, 0.3) is 0 Å². The SMILES string of the molecule is CC1CCN(C(=O)N2C(C(=O)O)CSC2C2CC2)CC1C. The topological polar surface area (TPSA) is 60.9 Å². The molecule has 118 valence electrons. The van der Waals surface area contributed by atoms with Gasteiger partial charge in [-0.05, 0) is 37.0 Å². The van der Waals surface area contributed by atoms with Gasteiger partial charge >= 0.3 is 12.0 Å². The molecule has 6 heteroatoms. The highest BCUT2D eigenvalue weighted by atomic mass is 32.2. The summed E-state index contributed by atoms with van der Waals surface area (Å²) in [6.45, 7) is 5.92. The van der Waals surface area contributed by atoms with Crippen molar-refractivity contribution in [3.8, 4) is 0 Å².